The van der Waals surface area contributed by atoms with Gasteiger partial charge in [0.25, 0.3) is 5.91 Å². The Labute approximate surface area is 165 Å². The van der Waals surface area contributed by atoms with E-state index in [2.05, 4.69) is 15.3 Å². The van der Waals surface area contributed by atoms with Crippen molar-refractivity contribution in [2.75, 3.05) is 5.32 Å². The topological polar surface area (TPSA) is 81.2 Å². The van der Waals surface area contributed by atoms with E-state index in [0.29, 0.717) is 16.9 Å². The monoisotopic (exact) mass is 401 g/mol. The lowest BCUT2D eigenvalue weighted by molar-refractivity contribution is -0.123. The van der Waals surface area contributed by atoms with E-state index in [1.54, 1.807) is 42.5 Å². The van der Waals surface area contributed by atoms with Crippen LogP contribution in [-0.4, -0.2) is 27.9 Å². The molecule has 3 aromatic heterocycles. The molecule has 0 saturated carbocycles. The fourth-order valence-electron chi connectivity index (χ4n) is 2.33. The molecule has 0 aliphatic rings. The molecule has 27 heavy (non-hydrogen) atoms. The minimum atomic E-state index is -1.01. The number of nitrogens with one attached hydrogen (secondary N) is 1. The number of nitrogens with zero attached hydrogens (tertiary/aromatic N) is 2. The molecule has 0 spiro atoms. The number of aromatic nitrogens is 2. The maximum atomic E-state index is 12.4. The van der Waals surface area contributed by atoms with Crippen LogP contribution < -0.4 is 5.32 Å². The van der Waals surface area contributed by atoms with Gasteiger partial charge in [-0.2, -0.15) is 0 Å². The summed E-state index contributed by atoms with van der Waals surface area (Å²) in [4.78, 5) is 34.0. The normalized spacial score (nSPS) is 11.7. The lowest BCUT2D eigenvalue weighted by atomic mass is 10.1. The van der Waals surface area contributed by atoms with E-state index in [-0.39, 0.29) is 5.15 Å². The summed E-state index contributed by atoms with van der Waals surface area (Å²) in [5, 5.41) is 4.71. The summed E-state index contributed by atoms with van der Waals surface area (Å²) in [6, 6.07) is 10.6. The highest BCUT2D eigenvalue weighted by atomic mass is 35.5. The molecular formula is C19H16ClN3O3S. The molecule has 0 aliphatic heterocycles. The average Bonchev–Trinajstić information content (AvgIpc) is 3.18. The highest BCUT2D eigenvalue weighted by molar-refractivity contribution is 7.13. The van der Waals surface area contributed by atoms with Crippen LogP contribution in [0.25, 0.3) is 10.6 Å². The summed E-state index contributed by atoms with van der Waals surface area (Å²) >= 11 is 7.48. The van der Waals surface area contributed by atoms with E-state index >= 15 is 0 Å². The van der Waals surface area contributed by atoms with Crippen molar-refractivity contribution in [3.8, 4) is 10.6 Å². The molecule has 1 amide bonds. The summed E-state index contributed by atoms with van der Waals surface area (Å²) in [7, 11) is 0. The van der Waals surface area contributed by atoms with Crippen LogP contribution in [0.15, 0.2) is 48.0 Å². The third kappa shape index (κ3) is 4.50. The zero-order chi connectivity index (χ0) is 19.4. The zero-order valence-electron chi connectivity index (χ0n) is 14.6. The second-order valence-corrected chi connectivity index (χ2v) is 6.99. The van der Waals surface area contributed by atoms with Crippen LogP contribution in [0.1, 0.15) is 23.0 Å². The number of carbonyl (C=O) groups is 2. The first-order valence-corrected chi connectivity index (χ1v) is 9.35. The highest BCUT2D eigenvalue weighted by Gasteiger charge is 2.21. The zero-order valence-corrected chi connectivity index (χ0v) is 16.2. The van der Waals surface area contributed by atoms with Gasteiger partial charge in [0.05, 0.1) is 27.5 Å². The standard InChI is InChI=1S/C19H16ClN3O3S/c1-11-13(7-8-14(22-11)16-6-4-10-27-16)19(25)26-12(2)18(24)23-15-5-3-9-21-17(15)20/h3-10,12H,1-2H3,(H,23,24). The fraction of sp³-hybridized carbons (Fsp3) is 0.158. The molecule has 6 nitrogen and oxygen atoms in total. The van der Waals surface area contributed by atoms with Gasteiger partial charge in [-0.3, -0.25) is 9.78 Å². The SMILES string of the molecule is Cc1nc(-c2cccs2)ccc1C(=O)OC(C)C(=O)Nc1cccnc1Cl. The molecular weight excluding hydrogens is 386 g/mol. The van der Waals surface area contributed by atoms with Crippen molar-refractivity contribution in [2.45, 2.75) is 20.0 Å². The Hall–Kier alpha value is -2.77. The molecule has 0 fully saturated rings. The fourth-order valence-corrected chi connectivity index (χ4v) is 3.19. The molecule has 0 aliphatic carbocycles. The number of rotatable bonds is 5. The van der Waals surface area contributed by atoms with Crippen molar-refractivity contribution in [1.29, 1.82) is 0 Å². The lowest BCUT2D eigenvalue weighted by Crippen LogP contribution is -2.30. The Bertz CT molecular complexity index is 976. The van der Waals surface area contributed by atoms with Gasteiger partial charge in [0.1, 0.15) is 0 Å². The predicted molar refractivity (Wildman–Crippen MR) is 105 cm³/mol. The van der Waals surface area contributed by atoms with Gasteiger partial charge < -0.3 is 10.1 Å². The van der Waals surface area contributed by atoms with Gasteiger partial charge in [-0.15, -0.1) is 11.3 Å². The van der Waals surface area contributed by atoms with E-state index in [1.165, 1.54) is 13.1 Å². The van der Waals surface area contributed by atoms with Crippen molar-refractivity contribution < 1.29 is 14.3 Å². The number of amides is 1. The Kier molecular flexibility index (Phi) is 5.83. The minimum absolute atomic E-state index is 0.161. The Morgan fingerprint density at radius 3 is 2.70 bits per heavy atom. The summed E-state index contributed by atoms with van der Waals surface area (Å²) < 4.78 is 5.27. The number of carbonyl (C=O) groups excluding carboxylic acids is 2. The molecule has 1 unspecified atom stereocenters. The van der Waals surface area contributed by atoms with E-state index < -0.39 is 18.0 Å². The number of hydrogen-bond acceptors (Lipinski definition) is 6. The number of hydrogen-bond donors (Lipinski definition) is 1. The second-order valence-electron chi connectivity index (χ2n) is 5.69. The molecule has 0 saturated heterocycles. The first-order chi connectivity index (χ1) is 13.0. The van der Waals surface area contributed by atoms with Crippen molar-refractivity contribution in [1.82, 2.24) is 9.97 Å². The Morgan fingerprint density at radius 2 is 2.04 bits per heavy atom. The lowest BCUT2D eigenvalue weighted by Gasteiger charge is -2.14. The highest BCUT2D eigenvalue weighted by Crippen LogP contribution is 2.24. The molecule has 3 rings (SSSR count). The molecule has 3 heterocycles. The number of anilines is 1. The van der Waals surface area contributed by atoms with Gasteiger partial charge in [0, 0.05) is 6.20 Å². The van der Waals surface area contributed by atoms with Gasteiger partial charge >= 0.3 is 5.97 Å². The maximum Gasteiger partial charge on any atom is 0.340 e. The van der Waals surface area contributed by atoms with Crippen LogP contribution in [0.2, 0.25) is 5.15 Å². The van der Waals surface area contributed by atoms with Crippen molar-refractivity contribution >= 4 is 40.5 Å². The smallest absolute Gasteiger partial charge is 0.340 e. The third-order valence-corrected chi connectivity index (χ3v) is 4.94. The van der Waals surface area contributed by atoms with Crippen molar-refractivity contribution in [2.24, 2.45) is 0 Å². The van der Waals surface area contributed by atoms with Gasteiger partial charge in [-0.05, 0) is 49.6 Å². The van der Waals surface area contributed by atoms with Crippen LogP contribution in [0, 0.1) is 6.92 Å². The number of thiophene rings is 1. The summed E-state index contributed by atoms with van der Waals surface area (Å²) in [6.45, 7) is 3.22. The van der Waals surface area contributed by atoms with Crippen LogP contribution in [0.3, 0.4) is 0 Å². The van der Waals surface area contributed by atoms with E-state index in [9.17, 15) is 9.59 Å². The molecule has 1 atom stereocenters. The van der Waals surface area contributed by atoms with Crippen molar-refractivity contribution in [3.05, 3.63) is 64.4 Å². The largest absolute Gasteiger partial charge is 0.449 e. The van der Waals surface area contributed by atoms with E-state index in [4.69, 9.17) is 16.3 Å². The first kappa shape index (κ1) is 19.0. The second kappa shape index (κ2) is 8.28. The van der Waals surface area contributed by atoms with E-state index in [0.717, 1.165) is 10.6 Å². The molecule has 3 aromatic rings. The molecule has 8 heteroatoms. The maximum absolute atomic E-state index is 12.4. The Morgan fingerprint density at radius 1 is 1.22 bits per heavy atom. The summed E-state index contributed by atoms with van der Waals surface area (Å²) in [5.74, 6) is -1.11. The summed E-state index contributed by atoms with van der Waals surface area (Å²) in [6.07, 6.45) is 0.502. The van der Waals surface area contributed by atoms with Gasteiger partial charge in [0.2, 0.25) is 0 Å². The quantitative estimate of drug-likeness (QED) is 0.507. The van der Waals surface area contributed by atoms with Gasteiger partial charge in [0.15, 0.2) is 11.3 Å². The minimum Gasteiger partial charge on any atom is -0.449 e. The van der Waals surface area contributed by atoms with Gasteiger partial charge in [-0.25, -0.2) is 9.78 Å². The predicted octanol–water partition coefficient (Wildman–Crippen LogP) is 4.35. The molecule has 1 N–H and O–H groups in total. The average molecular weight is 402 g/mol. The number of halogens is 1. The number of ether oxygens (including phenoxy) is 1. The number of pyridine rings is 2. The molecule has 0 bridgehead atoms. The third-order valence-electron chi connectivity index (χ3n) is 3.75. The number of esters is 1. The van der Waals surface area contributed by atoms with Crippen LogP contribution >= 0.6 is 22.9 Å². The van der Waals surface area contributed by atoms with Crippen LogP contribution in [0.4, 0.5) is 5.69 Å². The molecule has 0 radical (unpaired) electrons. The van der Waals surface area contributed by atoms with Crippen molar-refractivity contribution in [3.63, 3.8) is 0 Å². The van der Waals surface area contributed by atoms with Crippen LogP contribution in [0.5, 0.6) is 0 Å². The molecule has 138 valence electrons. The van der Waals surface area contributed by atoms with Gasteiger partial charge in [-0.1, -0.05) is 17.7 Å². The van der Waals surface area contributed by atoms with Crippen LogP contribution in [-0.2, 0) is 9.53 Å². The Balaban J connectivity index is 1.67. The first-order valence-electron chi connectivity index (χ1n) is 8.09. The molecule has 0 aromatic carbocycles. The number of aryl methyl sites for hydroxylation is 1. The summed E-state index contributed by atoms with van der Waals surface area (Å²) in [5.41, 5.74) is 1.99. The van der Waals surface area contributed by atoms with E-state index in [1.807, 2.05) is 17.5 Å².